The van der Waals surface area contributed by atoms with E-state index in [0.717, 1.165) is 44.2 Å². The van der Waals surface area contributed by atoms with Gasteiger partial charge in [0.1, 0.15) is 12.4 Å². The molecule has 2 saturated heterocycles. The number of rotatable bonds is 8. The number of anilines is 1. The summed E-state index contributed by atoms with van der Waals surface area (Å²) in [6.07, 6.45) is 3.58. The Morgan fingerprint density at radius 3 is 2.76 bits per heavy atom. The number of nitrogens with zero attached hydrogens (tertiary/aromatic N) is 1. The maximum absolute atomic E-state index is 12.4. The van der Waals surface area contributed by atoms with Gasteiger partial charge in [0.05, 0.1) is 6.61 Å². The van der Waals surface area contributed by atoms with E-state index in [2.05, 4.69) is 21.6 Å². The van der Waals surface area contributed by atoms with Gasteiger partial charge in [-0.2, -0.15) is 0 Å². The molecule has 2 aliphatic rings. The minimum atomic E-state index is -0.166. The Balaban J connectivity index is 1.25. The van der Waals surface area contributed by atoms with Crippen molar-refractivity contribution in [2.75, 3.05) is 38.2 Å². The van der Waals surface area contributed by atoms with Crippen molar-refractivity contribution in [1.82, 2.24) is 10.2 Å². The number of ether oxygens (including phenoxy) is 2. The monoisotopic (exact) mass is 415 g/mol. The molecule has 0 radical (unpaired) electrons. The second kappa shape index (κ2) is 10.1. The molecular weight excluding hydrogens is 386 g/mol. The molecule has 2 N–H and O–H groups in total. The number of hydrogen-bond donors (Lipinski definition) is 2. The first-order valence-electron chi connectivity index (χ1n) is 10.4. The standard InChI is InChI=1S/C22H29N3O3S/c26-22(23-14-21(17-9-12-27-15-17)25-10-1-2-11-25)24-18-5-7-19(8-6-18)28-16-20-4-3-13-29-20/h3-8,13,17,21H,1-2,9-12,14-16H2,(H2,23,24,26)/t17-,21+/m1/s1. The lowest BCUT2D eigenvalue weighted by atomic mass is 9.97. The van der Waals surface area contributed by atoms with Crippen LogP contribution in [0.5, 0.6) is 5.75 Å². The lowest BCUT2D eigenvalue weighted by Crippen LogP contribution is -2.48. The van der Waals surface area contributed by atoms with Gasteiger partial charge < -0.3 is 20.1 Å². The van der Waals surface area contributed by atoms with Crippen LogP contribution >= 0.6 is 11.3 Å². The van der Waals surface area contributed by atoms with E-state index in [4.69, 9.17) is 9.47 Å². The summed E-state index contributed by atoms with van der Waals surface area (Å²) in [6, 6.07) is 11.8. The van der Waals surface area contributed by atoms with Crippen molar-refractivity contribution in [3.63, 3.8) is 0 Å². The maximum Gasteiger partial charge on any atom is 0.319 e. The van der Waals surface area contributed by atoms with Crippen molar-refractivity contribution in [2.24, 2.45) is 5.92 Å². The summed E-state index contributed by atoms with van der Waals surface area (Å²) < 4.78 is 11.4. The van der Waals surface area contributed by atoms with Crippen LogP contribution in [0.4, 0.5) is 10.5 Å². The molecule has 6 nitrogen and oxygen atoms in total. The predicted octanol–water partition coefficient (Wildman–Crippen LogP) is 3.95. The Hall–Kier alpha value is -2.09. The van der Waals surface area contributed by atoms with Crippen LogP contribution in [0.2, 0.25) is 0 Å². The number of benzene rings is 1. The quantitative estimate of drug-likeness (QED) is 0.685. The highest BCUT2D eigenvalue weighted by Crippen LogP contribution is 2.24. The summed E-state index contributed by atoms with van der Waals surface area (Å²) in [5, 5.41) is 8.03. The highest BCUT2D eigenvalue weighted by molar-refractivity contribution is 7.09. The minimum absolute atomic E-state index is 0.166. The van der Waals surface area contributed by atoms with E-state index in [9.17, 15) is 4.79 Å². The SMILES string of the molecule is O=C(NC[C@@H]([C@@H]1CCOC1)N1CCCC1)Nc1ccc(OCc2cccs2)cc1. The number of urea groups is 1. The fourth-order valence-corrected chi connectivity index (χ4v) is 4.70. The first-order chi connectivity index (χ1) is 14.3. The molecule has 0 spiro atoms. The second-order valence-corrected chi connectivity index (χ2v) is 8.69. The second-order valence-electron chi connectivity index (χ2n) is 7.66. The number of amides is 2. The van der Waals surface area contributed by atoms with E-state index in [1.807, 2.05) is 35.7 Å². The molecule has 29 heavy (non-hydrogen) atoms. The third kappa shape index (κ3) is 5.72. The molecule has 0 unspecified atom stereocenters. The van der Waals surface area contributed by atoms with Crippen LogP contribution in [0.1, 0.15) is 24.1 Å². The van der Waals surface area contributed by atoms with E-state index in [1.165, 1.54) is 17.7 Å². The fourth-order valence-electron chi connectivity index (χ4n) is 4.08. The smallest absolute Gasteiger partial charge is 0.319 e. The molecule has 0 bridgehead atoms. The first-order valence-corrected chi connectivity index (χ1v) is 11.3. The summed E-state index contributed by atoms with van der Waals surface area (Å²) in [4.78, 5) is 16.1. The topological polar surface area (TPSA) is 62.8 Å². The zero-order chi connectivity index (χ0) is 19.9. The van der Waals surface area contributed by atoms with Crippen molar-refractivity contribution in [1.29, 1.82) is 0 Å². The summed E-state index contributed by atoms with van der Waals surface area (Å²) in [5.41, 5.74) is 0.757. The molecule has 2 aromatic rings. The lowest BCUT2D eigenvalue weighted by molar-refractivity contribution is 0.135. The molecule has 1 aromatic heterocycles. The van der Waals surface area contributed by atoms with Gasteiger partial charge in [-0.1, -0.05) is 6.07 Å². The van der Waals surface area contributed by atoms with E-state index in [-0.39, 0.29) is 6.03 Å². The van der Waals surface area contributed by atoms with Crippen LogP contribution < -0.4 is 15.4 Å². The Morgan fingerprint density at radius 1 is 1.24 bits per heavy atom. The van der Waals surface area contributed by atoms with Gasteiger partial charge >= 0.3 is 6.03 Å². The van der Waals surface area contributed by atoms with E-state index in [1.54, 1.807) is 11.3 Å². The van der Waals surface area contributed by atoms with E-state index in [0.29, 0.717) is 25.1 Å². The van der Waals surface area contributed by atoms with Gasteiger partial charge in [-0.25, -0.2) is 4.79 Å². The molecule has 1 aromatic carbocycles. The first kappa shape index (κ1) is 20.2. The highest BCUT2D eigenvalue weighted by atomic mass is 32.1. The molecular formula is C22H29N3O3S. The molecule has 7 heteroatoms. The van der Waals surface area contributed by atoms with Gasteiger partial charge in [-0.15, -0.1) is 11.3 Å². The molecule has 2 fully saturated rings. The summed E-state index contributed by atoms with van der Waals surface area (Å²) >= 11 is 1.68. The fraction of sp³-hybridized carbons (Fsp3) is 0.500. The number of likely N-dealkylation sites (tertiary alicyclic amines) is 1. The van der Waals surface area contributed by atoms with Crippen LogP contribution in [0.3, 0.4) is 0 Å². The summed E-state index contributed by atoms with van der Waals surface area (Å²) in [7, 11) is 0. The van der Waals surface area contributed by atoms with Gasteiger partial charge in [0.15, 0.2) is 0 Å². The Kier molecular flexibility index (Phi) is 7.03. The molecule has 4 rings (SSSR count). The van der Waals surface area contributed by atoms with Crippen LogP contribution in [-0.4, -0.2) is 49.8 Å². The molecule has 0 saturated carbocycles. The number of nitrogens with one attached hydrogen (secondary N) is 2. The Morgan fingerprint density at radius 2 is 2.07 bits per heavy atom. The van der Waals surface area contributed by atoms with Crippen molar-refractivity contribution in [3.8, 4) is 5.75 Å². The van der Waals surface area contributed by atoms with Crippen molar-refractivity contribution in [2.45, 2.75) is 31.9 Å². The molecule has 156 valence electrons. The maximum atomic E-state index is 12.4. The van der Waals surface area contributed by atoms with Gasteiger partial charge in [0.2, 0.25) is 0 Å². The van der Waals surface area contributed by atoms with Gasteiger partial charge in [0.25, 0.3) is 0 Å². The van der Waals surface area contributed by atoms with Gasteiger partial charge in [0, 0.05) is 35.7 Å². The third-order valence-electron chi connectivity index (χ3n) is 5.66. The predicted molar refractivity (Wildman–Crippen MR) is 116 cm³/mol. The summed E-state index contributed by atoms with van der Waals surface area (Å²) in [6.45, 7) is 5.10. The minimum Gasteiger partial charge on any atom is -0.488 e. The number of carbonyl (C=O) groups excluding carboxylic acids is 1. The van der Waals surface area contributed by atoms with E-state index >= 15 is 0 Å². The van der Waals surface area contributed by atoms with E-state index < -0.39 is 0 Å². The van der Waals surface area contributed by atoms with Gasteiger partial charge in [-0.3, -0.25) is 4.90 Å². The molecule has 2 amide bonds. The average molecular weight is 416 g/mol. The van der Waals surface area contributed by atoms with Crippen molar-refractivity contribution >= 4 is 23.1 Å². The number of carbonyl (C=O) groups is 1. The van der Waals surface area contributed by atoms with Crippen LogP contribution in [0, 0.1) is 5.92 Å². The lowest BCUT2D eigenvalue weighted by Gasteiger charge is -2.31. The van der Waals surface area contributed by atoms with Crippen molar-refractivity contribution < 1.29 is 14.3 Å². The Bertz CT molecular complexity index is 738. The number of hydrogen-bond acceptors (Lipinski definition) is 5. The number of thiophene rings is 1. The van der Waals surface area contributed by atoms with Crippen LogP contribution in [0.15, 0.2) is 41.8 Å². The Labute approximate surface area is 176 Å². The third-order valence-corrected chi connectivity index (χ3v) is 6.51. The normalized spacial score (nSPS) is 20.5. The van der Waals surface area contributed by atoms with Gasteiger partial charge in [-0.05, 0) is 68.1 Å². The zero-order valence-electron chi connectivity index (χ0n) is 16.6. The highest BCUT2D eigenvalue weighted by Gasteiger charge is 2.32. The zero-order valence-corrected chi connectivity index (χ0v) is 17.5. The molecule has 3 heterocycles. The van der Waals surface area contributed by atoms with Crippen LogP contribution in [-0.2, 0) is 11.3 Å². The molecule has 2 atom stereocenters. The average Bonchev–Trinajstić information content (AvgIpc) is 3.51. The van der Waals surface area contributed by atoms with Crippen molar-refractivity contribution in [3.05, 3.63) is 46.7 Å². The largest absolute Gasteiger partial charge is 0.488 e. The summed E-state index contributed by atoms with van der Waals surface area (Å²) in [5.74, 6) is 1.30. The van der Waals surface area contributed by atoms with Crippen LogP contribution in [0.25, 0.3) is 0 Å². The molecule has 0 aliphatic carbocycles. The molecule has 2 aliphatic heterocycles.